The van der Waals surface area contributed by atoms with Gasteiger partial charge in [-0.25, -0.2) is 0 Å². The Hall–Kier alpha value is -0.514. The molecule has 20 heavy (non-hydrogen) atoms. The van der Waals surface area contributed by atoms with Gasteiger partial charge in [-0.2, -0.15) is 29.8 Å². The van der Waals surface area contributed by atoms with Crippen LogP contribution in [0.5, 0.6) is 0 Å². The Kier molecular flexibility index (Phi) is 9.19. The van der Waals surface area contributed by atoms with Gasteiger partial charge in [0.1, 0.15) is 0 Å². The van der Waals surface area contributed by atoms with E-state index in [4.69, 9.17) is 0 Å². The van der Waals surface area contributed by atoms with Crippen molar-refractivity contribution in [2.75, 3.05) is 11.9 Å². The first-order chi connectivity index (χ1) is 8.66. The van der Waals surface area contributed by atoms with Gasteiger partial charge in [0.05, 0.1) is 0 Å². The Morgan fingerprint density at radius 3 is 2.25 bits per heavy atom. The number of benzene rings is 2. The van der Waals surface area contributed by atoms with Crippen LogP contribution in [-0.2, 0) is 6.54 Å². The van der Waals surface area contributed by atoms with Crippen LogP contribution in [0.25, 0.3) is 0 Å². The molecule has 0 saturated carbocycles. The van der Waals surface area contributed by atoms with E-state index in [1.54, 1.807) is 0 Å². The minimum absolute atomic E-state index is 0. The summed E-state index contributed by atoms with van der Waals surface area (Å²) in [4.78, 5) is 2.25. The monoisotopic (exact) mass is 341 g/mol. The molecule has 0 aliphatic rings. The molecule has 2 aromatic rings. The minimum Gasteiger partial charge on any atom is -1.00 e. The smallest absolute Gasteiger partial charge is 1.00 e. The van der Waals surface area contributed by atoms with Crippen LogP contribution in [-0.4, -0.2) is 30.1 Å². The van der Waals surface area contributed by atoms with Crippen molar-refractivity contribution in [3.63, 3.8) is 0 Å². The first-order valence-electron chi connectivity index (χ1n) is 6.44. The summed E-state index contributed by atoms with van der Waals surface area (Å²) in [5.41, 5.74) is 3.77. The molecule has 0 spiro atoms. The van der Waals surface area contributed by atoms with Crippen molar-refractivity contribution < 1.29 is 17.0 Å². The van der Waals surface area contributed by atoms with E-state index >= 15 is 0 Å². The van der Waals surface area contributed by atoms with Gasteiger partial charge in [-0.05, 0) is 18.1 Å². The number of para-hydroxylation sites is 1. The molecule has 102 valence electrons. The number of rotatable bonds is 4. The van der Waals surface area contributed by atoms with E-state index in [1.807, 2.05) is 6.07 Å². The molecule has 0 fully saturated rings. The quantitative estimate of drug-likeness (QED) is 0.589. The first kappa shape index (κ1) is 19.5. The van der Waals surface area contributed by atoms with E-state index in [0.717, 1.165) is 6.54 Å². The van der Waals surface area contributed by atoms with Crippen molar-refractivity contribution in [1.82, 2.24) is 0 Å². The molecule has 0 amide bonds. The number of halogens is 1. The van der Waals surface area contributed by atoms with E-state index in [-0.39, 0.29) is 40.0 Å². The van der Waals surface area contributed by atoms with Crippen LogP contribution in [0, 0.1) is 6.07 Å². The molecule has 0 saturated heterocycles. The van der Waals surface area contributed by atoms with Gasteiger partial charge < -0.3 is 21.9 Å². The predicted octanol–water partition coefficient (Wildman–Crippen LogP) is 0.870. The fraction of sp³-hybridized carbons (Fsp3) is 0.294. The summed E-state index contributed by atoms with van der Waals surface area (Å²) in [6.45, 7) is 5.30. The van der Waals surface area contributed by atoms with Gasteiger partial charge in [0.15, 0.2) is 0 Å². The van der Waals surface area contributed by atoms with Gasteiger partial charge in [0, 0.05) is 19.3 Å². The second-order valence-corrected chi connectivity index (χ2v) is 4.98. The van der Waals surface area contributed by atoms with Crippen molar-refractivity contribution in [3.8, 4) is 0 Å². The normalized spacial score (nSPS) is 9.60. The molecule has 3 heteroatoms. The molecule has 0 aliphatic heterocycles. The van der Waals surface area contributed by atoms with Crippen molar-refractivity contribution in [2.45, 2.75) is 26.3 Å². The molecule has 0 N–H and O–H groups in total. The summed E-state index contributed by atoms with van der Waals surface area (Å²) in [5, 5.41) is 0. The number of hydrogen-bond acceptors (Lipinski definition) is 1. The molecule has 2 aromatic carbocycles. The third-order valence-electron chi connectivity index (χ3n) is 3.10. The second kappa shape index (κ2) is 9.43. The van der Waals surface area contributed by atoms with Crippen LogP contribution in [0.4, 0.5) is 5.69 Å². The number of anilines is 1. The first-order valence-corrected chi connectivity index (χ1v) is 6.44. The van der Waals surface area contributed by atoms with Gasteiger partial charge in [0.25, 0.3) is 0 Å². The van der Waals surface area contributed by atoms with Crippen LogP contribution < -0.4 is 21.9 Å². The molecular formula is C17H20BrMgN. The maximum Gasteiger partial charge on any atom is 2.00 e. The zero-order valence-corrected chi connectivity index (χ0v) is 15.4. The van der Waals surface area contributed by atoms with Crippen LogP contribution in [0.1, 0.15) is 30.9 Å². The zero-order valence-electron chi connectivity index (χ0n) is 12.4. The third kappa shape index (κ3) is 5.47. The van der Waals surface area contributed by atoms with Gasteiger partial charge in [-0.3, -0.25) is 0 Å². The Morgan fingerprint density at radius 2 is 1.65 bits per heavy atom. The summed E-state index contributed by atoms with van der Waals surface area (Å²) < 4.78 is 0. The Morgan fingerprint density at radius 1 is 1.00 bits per heavy atom. The molecule has 0 unspecified atom stereocenters. The largest absolute Gasteiger partial charge is 2.00 e. The molecule has 0 radical (unpaired) electrons. The predicted molar refractivity (Wildman–Crippen MR) is 83.7 cm³/mol. The topological polar surface area (TPSA) is 3.24 Å². The molecule has 2 rings (SSSR count). The summed E-state index contributed by atoms with van der Waals surface area (Å²) in [6.07, 6.45) is 0. The van der Waals surface area contributed by atoms with E-state index in [2.05, 4.69) is 74.3 Å². The molecule has 0 bridgehead atoms. The standard InChI is InChI=1S/C17H20N.BrH.Mg/c1-14(2)16-9-7-8-15(12-16)13-18(3)17-10-5-4-6-11-17;;/h4-11,14H,13H2,1-3H3;1H;/q-1;;+2/p-1. The van der Waals surface area contributed by atoms with Crippen LogP contribution in [0.3, 0.4) is 0 Å². The summed E-state index contributed by atoms with van der Waals surface area (Å²) in [7, 11) is 2.12. The Bertz CT molecular complexity index is 499. The van der Waals surface area contributed by atoms with Crippen molar-refractivity contribution >= 4 is 28.7 Å². The summed E-state index contributed by atoms with van der Waals surface area (Å²) in [5.74, 6) is 0.534. The molecular weight excluding hydrogens is 322 g/mol. The fourth-order valence-corrected chi connectivity index (χ4v) is 1.99. The molecule has 0 atom stereocenters. The maximum atomic E-state index is 3.50. The molecule has 1 nitrogen and oxygen atoms in total. The molecule has 0 aromatic heterocycles. The van der Waals surface area contributed by atoms with Crippen molar-refractivity contribution in [1.29, 1.82) is 0 Å². The fourth-order valence-electron chi connectivity index (χ4n) is 1.99. The number of hydrogen-bond donors (Lipinski definition) is 0. The van der Waals surface area contributed by atoms with Gasteiger partial charge in [-0.15, -0.1) is 5.56 Å². The minimum atomic E-state index is 0. The maximum absolute atomic E-state index is 3.50. The zero-order chi connectivity index (χ0) is 13.0. The van der Waals surface area contributed by atoms with E-state index in [9.17, 15) is 0 Å². The second-order valence-electron chi connectivity index (χ2n) is 4.98. The Labute approximate surface area is 149 Å². The van der Waals surface area contributed by atoms with Gasteiger partial charge in [-0.1, -0.05) is 32.0 Å². The van der Waals surface area contributed by atoms with Gasteiger partial charge in [0.2, 0.25) is 0 Å². The van der Waals surface area contributed by atoms with E-state index < -0.39 is 0 Å². The SMILES string of the molecule is CC(C)c1[c-]c(CN(C)c2ccccc2)ccc1.[Br-].[Mg+2]. The third-order valence-corrected chi connectivity index (χ3v) is 3.10. The van der Waals surface area contributed by atoms with Crippen LogP contribution in [0.15, 0.2) is 48.5 Å². The average molecular weight is 343 g/mol. The van der Waals surface area contributed by atoms with Crippen molar-refractivity contribution in [3.05, 3.63) is 65.7 Å². The van der Waals surface area contributed by atoms with Gasteiger partial charge >= 0.3 is 23.1 Å². The summed E-state index contributed by atoms with van der Waals surface area (Å²) >= 11 is 0. The van der Waals surface area contributed by atoms with Crippen LogP contribution in [0.2, 0.25) is 0 Å². The average Bonchev–Trinajstić information content (AvgIpc) is 2.40. The number of nitrogens with zero attached hydrogens (tertiary/aromatic N) is 1. The molecule has 0 aliphatic carbocycles. The van der Waals surface area contributed by atoms with Crippen molar-refractivity contribution in [2.24, 2.45) is 0 Å². The van der Waals surface area contributed by atoms with Crippen LogP contribution >= 0.6 is 0 Å². The Balaban J connectivity index is 0.00000180. The van der Waals surface area contributed by atoms with E-state index in [0.29, 0.717) is 5.92 Å². The van der Waals surface area contributed by atoms with E-state index in [1.165, 1.54) is 16.8 Å². The molecule has 0 heterocycles. The summed E-state index contributed by atoms with van der Waals surface area (Å²) in [6, 6.07) is 20.4.